The molecule has 2 heterocycles. The monoisotopic (exact) mass is 824 g/mol. The summed E-state index contributed by atoms with van der Waals surface area (Å²) in [6.45, 7) is 0. The largest absolute Gasteiger partial charge is 0.309 e. The van der Waals surface area contributed by atoms with Gasteiger partial charge in [0.05, 0.1) is 27.8 Å². The number of nitrogens with zero attached hydrogens (tertiary/aromatic N) is 2. The molecule has 0 unspecified atom stereocenters. The molecule has 11 aromatic rings. The highest BCUT2D eigenvalue weighted by atomic mass is 28.3. The predicted molar refractivity (Wildman–Crippen MR) is 270 cm³/mol. The molecule has 63 heavy (non-hydrogen) atoms. The second kappa shape index (κ2) is 15.6. The average molecular weight is 825 g/mol. The molecule has 0 aliphatic heterocycles. The number of fused-ring (bicyclic) bond motifs is 6. The van der Waals surface area contributed by atoms with Crippen LogP contribution >= 0.6 is 0 Å². The van der Waals surface area contributed by atoms with Crippen molar-refractivity contribution in [1.82, 2.24) is 9.13 Å². The molecule has 2 nitrogen and oxygen atoms in total. The maximum Gasteiger partial charge on any atom is 0.179 e. The van der Waals surface area contributed by atoms with E-state index in [2.05, 4.69) is 234 Å². The van der Waals surface area contributed by atoms with E-state index in [1.165, 1.54) is 119 Å². The molecule has 0 atom stereocenters. The molecular weight excluding hydrogens is 777 g/mol. The lowest BCUT2D eigenvalue weighted by atomic mass is 9.84. The van der Waals surface area contributed by atoms with Gasteiger partial charge in [-0.25, -0.2) is 0 Å². The van der Waals surface area contributed by atoms with Crippen LogP contribution in [0, 0.1) is 0 Å². The van der Waals surface area contributed by atoms with E-state index in [0.29, 0.717) is 5.92 Å². The molecule has 2 aromatic heterocycles. The number of hydrogen-bond donors (Lipinski definition) is 0. The Balaban J connectivity index is 0.996. The number of hydrogen-bond acceptors (Lipinski definition) is 0. The molecule has 1 fully saturated rings. The van der Waals surface area contributed by atoms with Crippen LogP contribution in [0.3, 0.4) is 0 Å². The fourth-order valence-corrected chi connectivity index (χ4v) is 16.0. The standard InChI is InChI=1S/C60H48N2Si/c1-5-19-43(20-6-1)46-37-40-57-54(42-46)52-29-13-15-31-55(52)62(57)59-34-18-33-58-60(59)53-30-14-16-32-56(53)61(58)47-22-17-21-45(41-47)44-35-38-51(39-36-44)63(48-23-7-2-8-24-48,49-25-9-3-10-26-49)50-27-11-4-12-28-50/h2-4,7-18,21-43H,1,5-6,19-20H2. The Bertz CT molecular complexity index is 3320. The minimum atomic E-state index is -2.62. The molecule has 1 aliphatic carbocycles. The van der Waals surface area contributed by atoms with Gasteiger partial charge in [-0.15, -0.1) is 0 Å². The van der Waals surface area contributed by atoms with Crippen molar-refractivity contribution in [2.75, 3.05) is 0 Å². The Hall–Kier alpha value is -7.20. The second-order valence-corrected chi connectivity index (χ2v) is 21.3. The summed E-state index contributed by atoms with van der Waals surface area (Å²) in [5, 5.41) is 10.7. The predicted octanol–water partition coefficient (Wildman–Crippen LogP) is 13.0. The third-order valence-corrected chi connectivity index (χ3v) is 18.9. The van der Waals surface area contributed by atoms with Crippen LogP contribution in [0.4, 0.5) is 0 Å². The van der Waals surface area contributed by atoms with E-state index < -0.39 is 8.07 Å². The molecule has 3 heteroatoms. The van der Waals surface area contributed by atoms with Crippen LogP contribution in [0.15, 0.2) is 224 Å². The lowest BCUT2D eigenvalue weighted by molar-refractivity contribution is 0.444. The first kappa shape index (κ1) is 37.5. The fourth-order valence-electron chi connectivity index (χ4n) is 11.2. The van der Waals surface area contributed by atoms with Crippen molar-refractivity contribution >= 4 is 72.4 Å². The van der Waals surface area contributed by atoms with Crippen molar-refractivity contribution in [3.8, 4) is 22.5 Å². The van der Waals surface area contributed by atoms with Crippen LogP contribution in [-0.4, -0.2) is 17.2 Å². The summed E-state index contributed by atoms with van der Waals surface area (Å²) < 4.78 is 5.00. The van der Waals surface area contributed by atoms with E-state index in [-0.39, 0.29) is 0 Å². The van der Waals surface area contributed by atoms with Crippen molar-refractivity contribution in [3.05, 3.63) is 230 Å². The van der Waals surface area contributed by atoms with E-state index in [1.807, 2.05) is 0 Å². The van der Waals surface area contributed by atoms with Gasteiger partial charge in [0.25, 0.3) is 0 Å². The van der Waals surface area contributed by atoms with Crippen LogP contribution in [0.2, 0.25) is 0 Å². The summed E-state index contributed by atoms with van der Waals surface area (Å²) in [4.78, 5) is 0. The molecule has 0 N–H and O–H groups in total. The van der Waals surface area contributed by atoms with Crippen LogP contribution in [0.1, 0.15) is 43.6 Å². The number of benzene rings is 9. The summed E-state index contributed by atoms with van der Waals surface area (Å²) in [7, 11) is -2.62. The highest BCUT2D eigenvalue weighted by molar-refractivity contribution is 7.19. The van der Waals surface area contributed by atoms with Crippen molar-refractivity contribution < 1.29 is 0 Å². The fraction of sp³-hybridized carbons (Fsp3) is 0.100. The molecule has 9 aromatic carbocycles. The Morgan fingerprint density at radius 2 is 0.889 bits per heavy atom. The van der Waals surface area contributed by atoms with Gasteiger partial charge >= 0.3 is 0 Å². The molecule has 0 bridgehead atoms. The molecule has 12 rings (SSSR count). The third kappa shape index (κ3) is 6.13. The van der Waals surface area contributed by atoms with Gasteiger partial charge < -0.3 is 9.13 Å². The molecule has 302 valence electrons. The topological polar surface area (TPSA) is 9.86 Å². The van der Waals surface area contributed by atoms with Crippen LogP contribution in [-0.2, 0) is 0 Å². The van der Waals surface area contributed by atoms with Gasteiger partial charge in [-0.2, -0.15) is 0 Å². The zero-order chi connectivity index (χ0) is 41.7. The molecular formula is C60H48N2Si. The molecule has 1 saturated carbocycles. The van der Waals surface area contributed by atoms with Crippen molar-refractivity contribution in [1.29, 1.82) is 0 Å². The molecule has 0 spiro atoms. The number of rotatable bonds is 8. The van der Waals surface area contributed by atoms with Gasteiger partial charge in [-0.3, -0.25) is 0 Å². The Morgan fingerprint density at radius 3 is 1.56 bits per heavy atom. The molecule has 0 radical (unpaired) electrons. The summed E-state index contributed by atoms with van der Waals surface area (Å²) in [5.74, 6) is 0.661. The maximum absolute atomic E-state index is 2.62. The van der Waals surface area contributed by atoms with E-state index in [4.69, 9.17) is 0 Å². The zero-order valence-electron chi connectivity index (χ0n) is 35.4. The Kier molecular flexibility index (Phi) is 9.30. The highest BCUT2D eigenvalue weighted by Crippen LogP contribution is 2.42. The van der Waals surface area contributed by atoms with Crippen molar-refractivity contribution in [3.63, 3.8) is 0 Å². The minimum Gasteiger partial charge on any atom is -0.309 e. The first-order chi connectivity index (χ1) is 31.3. The van der Waals surface area contributed by atoms with Crippen molar-refractivity contribution in [2.24, 2.45) is 0 Å². The summed E-state index contributed by atoms with van der Waals surface area (Å²) in [5.41, 5.74) is 11.2. The third-order valence-electron chi connectivity index (χ3n) is 14.1. The quantitative estimate of drug-likeness (QED) is 0.107. The minimum absolute atomic E-state index is 0.661. The number of aromatic nitrogens is 2. The summed E-state index contributed by atoms with van der Waals surface area (Å²) in [6.07, 6.45) is 6.65. The van der Waals surface area contributed by atoms with E-state index >= 15 is 0 Å². The van der Waals surface area contributed by atoms with E-state index in [0.717, 1.165) is 5.69 Å². The lowest BCUT2D eigenvalue weighted by Gasteiger charge is -2.34. The highest BCUT2D eigenvalue weighted by Gasteiger charge is 2.41. The normalized spacial score (nSPS) is 13.7. The first-order valence-corrected chi connectivity index (χ1v) is 24.7. The van der Waals surface area contributed by atoms with Gasteiger partial charge in [0.1, 0.15) is 0 Å². The first-order valence-electron chi connectivity index (χ1n) is 22.7. The van der Waals surface area contributed by atoms with Gasteiger partial charge in [0.15, 0.2) is 8.07 Å². The van der Waals surface area contributed by atoms with Crippen LogP contribution < -0.4 is 20.7 Å². The lowest BCUT2D eigenvalue weighted by Crippen LogP contribution is -2.74. The number of para-hydroxylation sites is 2. The molecule has 1 aliphatic rings. The Morgan fingerprint density at radius 1 is 0.349 bits per heavy atom. The summed E-state index contributed by atoms with van der Waals surface area (Å²) in [6, 6.07) is 84.3. The van der Waals surface area contributed by atoms with Gasteiger partial charge in [-0.1, -0.05) is 195 Å². The van der Waals surface area contributed by atoms with Crippen LogP contribution in [0.5, 0.6) is 0 Å². The molecule has 0 saturated heterocycles. The zero-order valence-corrected chi connectivity index (χ0v) is 36.4. The van der Waals surface area contributed by atoms with Gasteiger partial charge in [-0.05, 0) is 105 Å². The smallest absolute Gasteiger partial charge is 0.179 e. The summed E-state index contributed by atoms with van der Waals surface area (Å²) >= 11 is 0. The van der Waals surface area contributed by atoms with Crippen molar-refractivity contribution in [2.45, 2.75) is 38.0 Å². The molecule has 0 amide bonds. The Labute approximate surface area is 370 Å². The van der Waals surface area contributed by atoms with Gasteiger partial charge in [0.2, 0.25) is 0 Å². The van der Waals surface area contributed by atoms with Crippen LogP contribution in [0.25, 0.3) is 66.1 Å². The second-order valence-electron chi connectivity index (χ2n) is 17.5. The average Bonchev–Trinajstić information content (AvgIpc) is 3.89. The van der Waals surface area contributed by atoms with E-state index in [9.17, 15) is 0 Å². The van der Waals surface area contributed by atoms with E-state index in [1.54, 1.807) is 0 Å². The SMILES string of the molecule is c1ccc([Si](c2ccccc2)(c2ccccc2)c2ccc(-c3cccc(-n4c5ccccc5c5c(-n6c7ccccc7c7cc(C8CCCCC8)ccc76)cccc54)c3)cc2)cc1. The van der Waals surface area contributed by atoms with Gasteiger partial charge in [0, 0.05) is 27.2 Å². The maximum atomic E-state index is 2.52.